The Labute approximate surface area is 196 Å². The zero-order chi connectivity index (χ0) is 24.4. The number of rotatable bonds is 6. The molecule has 1 aliphatic heterocycles. The molecule has 0 aliphatic carbocycles. The second-order valence-corrected chi connectivity index (χ2v) is 7.52. The fourth-order valence-electron chi connectivity index (χ4n) is 3.33. The number of anilines is 2. The lowest BCUT2D eigenvalue weighted by molar-refractivity contribution is -0.383. The summed E-state index contributed by atoms with van der Waals surface area (Å²) in [4.78, 5) is 60.9. The van der Waals surface area contributed by atoms with Crippen LogP contribution in [0.2, 0.25) is 5.02 Å². The molecule has 0 saturated heterocycles. The highest BCUT2D eigenvalue weighted by molar-refractivity contribution is 6.34. The molecule has 3 aromatic rings. The van der Waals surface area contributed by atoms with E-state index in [0.717, 1.165) is 11.0 Å². The van der Waals surface area contributed by atoms with Gasteiger partial charge < -0.3 is 10.1 Å². The number of halogens is 1. The van der Waals surface area contributed by atoms with Gasteiger partial charge in [-0.2, -0.15) is 0 Å². The zero-order valence-corrected chi connectivity index (χ0v) is 17.9. The van der Waals surface area contributed by atoms with E-state index in [1.807, 2.05) is 0 Å². The summed E-state index contributed by atoms with van der Waals surface area (Å²) in [5, 5.41) is 13.5. The molecule has 0 spiro atoms. The molecule has 0 radical (unpaired) electrons. The van der Waals surface area contributed by atoms with Crippen molar-refractivity contribution in [2.45, 2.75) is 0 Å². The number of amides is 3. The largest absolute Gasteiger partial charge is 0.452 e. The maximum atomic E-state index is 12.6. The highest BCUT2D eigenvalue weighted by Gasteiger charge is 2.36. The number of carbonyl (C=O) groups excluding carboxylic acids is 4. The number of hydrogen-bond donors (Lipinski definition) is 1. The van der Waals surface area contributed by atoms with Crippen molar-refractivity contribution in [1.82, 2.24) is 0 Å². The molecule has 170 valence electrons. The van der Waals surface area contributed by atoms with Crippen molar-refractivity contribution in [3.8, 4) is 0 Å². The number of nitro groups is 1. The molecule has 0 saturated carbocycles. The van der Waals surface area contributed by atoms with Crippen LogP contribution in [0.4, 0.5) is 17.1 Å². The first-order valence-electron chi connectivity index (χ1n) is 9.75. The number of nitrogens with one attached hydrogen (secondary N) is 1. The monoisotopic (exact) mass is 479 g/mol. The summed E-state index contributed by atoms with van der Waals surface area (Å²) >= 11 is 5.73. The van der Waals surface area contributed by atoms with Gasteiger partial charge in [0.25, 0.3) is 23.4 Å². The highest BCUT2D eigenvalue weighted by Crippen LogP contribution is 2.29. The van der Waals surface area contributed by atoms with Crippen LogP contribution in [0.1, 0.15) is 31.1 Å². The van der Waals surface area contributed by atoms with Crippen LogP contribution in [-0.4, -0.2) is 35.2 Å². The third-order valence-corrected chi connectivity index (χ3v) is 5.16. The van der Waals surface area contributed by atoms with Crippen LogP contribution < -0.4 is 10.2 Å². The van der Waals surface area contributed by atoms with Gasteiger partial charge in [0.05, 0.1) is 27.3 Å². The predicted octanol–water partition coefficient (Wildman–Crippen LogP) is 3.84. The molecule has 0 atom stereocenters. The SMILES string of the molecule is O=C(COC(=O)c1ccc(N2C(=O)c3ccccc3C2=O)cc1)Nc1ccc(Cl)cc1[N+](=O)[O-]. The van der Waals surface area contributed by atoms with Crippen LogP contribution >= 0.6 is 11.6 Å². The van der Waals surface area contributed by atoms with Gasteiger partial charge in [-0.05, 0) is 48.5 Å². The predicted molar refractivity (Wildman–Crippen MR) is 121 cm³/mol. The minimum atomic E-state index is -0.838. The first-order valence-corrected chi connectivity index (χ1v) is 10.1. The first-order chi connectivity index (χ1) is 16.3. The van der Waals surface area contributed by atoms with Crippen LogP contribution in [-0.2, 0) is 9.53 Å². The van der Waals surface area contributed by atoms with E-state index in [4.69, 9.17) is 16.3 Å². The van der Waals surface area contributed by atoms with Crippen LogP contribution in [0.25, 0.3) is 0 Å². The van der Waals surface area contributed by atoms with Crippen molar-refractivity contribution in [3.63, 3.8) is 0 Å². The van der Waals surface area contributed by atoms with E-state index >= 15 is 0 Å². The zero-order valence-electron chi connectivity index (χ0n) is 17.2. The lowest BCUT2D eigenvalue weighted by atomic mass is 10.1. The summed E-state index contributed by atoms with van der Waals surface area (Å²) in [6.45, 7) is -0.696. The number of carbonyl (C=O) groups is 4. The summed E-state index contributed by atoms with van der Waals surface area (Å²) in [7, 11) is 0. The third kappa shape index (κ3) is 4.34. The van der Waals surface area contributed by atoms with Crippen molar-refractivity contribution in [1.29, 1.82) is 0 Å². The Kier molecular flexibility index (Phi) is 6.07. The smallest absolute Gasteiger partial charge is 0.338 e. The third-order valence-electron chi connectivity index (χ3n) is 4.92. The molecule has 1 N–H and O–H groups in total. The number of hydrogen-bond acceptors (Lipinski definition) is 7. The molecular formula is C23H14ClN3O7. The lowest BCUT2D eigenvalue weighted by Gasteiger charge is -2.14. The normalized spacial score (nSPS) is 12.3. The van der Waals surface area contributed by atoms with Crippen molar-refractivity contribution in [2.75, 3.05) is 16.8 Å². The number of imide groups is 1. The van der Waals surface area contributed by atoms with E-state index in [2.05, 4.69) is 5.32 Å². The molecule has 4 rings (SSSR count). The average Bonchev–Trinajstić information content (AvgIpc) is 3.08. The van der Waals surface area contributed by atoms with E-state index in [1.165, 1.54) is 36.4 Å². The molecule has 10 nitrogen and oxygen atoms in total. The second kappa shape index (κ2) is 9.12. The lowest BCUT2D eigenvalue weighted by Crippen LogP contribution is -2.29. The molecule has 0 aromatic heterocycles. The highest BCUT2D eigenvalue weighted by atomic mass is 35.5. The molecule has 0 fully saturated rings. The van der Waals surface area contributed by atoms with Gasteiger partial charge in [-0.3, -0.25) is 24.5 Å². The fraction of sp³-hybridized carbons (Fsp3) is 0.0435. The van der Waals surface area contributed by atoms with Gasteiger partial charge in [0.1, 0.15) is 5.69 Å². The van der Waals surface area contributed by atoms with Gasteiger partial charge in [-0.25, -0.2) is 9.69 Å². The van der Waals surface area contributed by atoms with Crippen molar-refractivity contribution in [2.24, 2.45) is 0 Å². The summed E-state index contributed by atoms with van der Waals surface area (Å²) in [5.41, 5.74) is 0.434. The molecule has 1 heterocycles. The van der Waals surface area contributed by atoms with E-state index in [0.29, 0.717) is 11.1 Å². The first kappa shape index (κ1) is 22.6. The Morgan fingerprint density at radius 2 is 1.59 bits per heavy atom. The summed E-state index contributed by atoms with van der Waals surface area (Å²) < 4.78 is 4.95. The van der Waals surface area contributed by atoms with E-state index in [9.17, 15) is 29.3 Å². The van der Waals surface area contributed by atoms with E-state index in [-0.39, 0.29) is 22.0 Å². The van der Waals surface area contributed by atoms with Crippen molar-refractivity contribution in [3.05, 3.63) is 98.6 Å². The average molecular weight is 480 g/mol. The Bertz CT molecular complexity index is 1320. The molecule has 3 amide bonds. The molecular weight excluding hydrogens is 466 g/mol. The molecule has 3 aromatic carbocycles. The second-order valence-electron chi connectivity index (χ2n) is 7.08. The van der Waals surface area contributed by atoms with Crippen LogP contribution in [0.3, 0.4) is 0 Å². The Morgan fingerprint density at radius 3 is 2.18 bits per heavy atom. The number of fused-ring (bicyclic) bond motifs is 1. The summed E-state index contributed by atoms with van der Waals surface area (Å²) in [6, 6.07) is 15.7. The molecule has 0 unspecified atom stereocenters. The maximum Gasteiger partial charge on any atom is 0.338 e. The fourth-order valence-corrected chi connectivity index (χ4v) is 3.50. The van der Waals surface area contributed by atoms with Gasteiger partial charge in [-0.15, -0.1) is 0 Å². The van der Waals surface area contributed by atoms with Gasteiger partial charge in [0.2, 0.25) is 0 Å². The van der Waals surface area contributed by atoms with Crippen LogP contribution in [0.15, 0.2) is 66.7 Å². The van der Waals surface area contributed by atoms with Crippen LogP contribution in [0.5, 0.6) is 0 Å². The molecule has 1 aliphatic rings. The topological polar surface area (TPSA) is 136 Å². The van der Waals surface area contributed by atoms with Gasteiger partial charge >= 0.3 is 5.97 Å². The van der Waals surface area contributed by atoms with Crippen LogP contribution in [0, 0.1) is 10.1 Å². The standard InChI is InChI=1S/C23H14ClN3O7/c24-14-7-10-18(19(11-14)27(32)33)25-20(28)12-34-23(31)13-5-8-15(9-6-13)26-21(29)16-3-1-2-4-17(16)22(26)30/h1-11H,12H2,(H,25,28). The number of ether oxygens (including phenoxy) is 1. The minimum absolute atomic E-state index is 0.0747. The molecule has 34 heavy (non-hydrogen) atoms. The number of benzene rings is 3. The van der Waals surface area contributed by atoms with E-state index in [1.54, 1.807) is 24.3 Å². The quantitative estimate of drug-likeness (QED) is 0.245. The van der Waals surface area contributed by atoms with Crippen molar-refractivity contribution >= 4 is 52.4 Å². The van der Waals surface area contributed by atoms with Gasteiger partial charge in [0.15, 0.2) is 6.61 Å². The summed E-state index contributed by atoms with van der Waals surface area (Å²) in [6.07, 6.45) is 0. The van der Waals surface area contributed by atoms with E-state index < -0.39 is 40.9 Å². The number of nitrogens with zero attached hydrogens (tertiary/aromatic N) is 2. The number of esters is 1. The van der Waals surface area contributed by atoms with Gasteiger partial charge in [0, 0.05) is 11.1 Å². The van der Waals surface area contributed by atoms with Crippen molar-refractivity contribution < 1.29 is 28.8 Å². The Balaban J connectivity index is 1.39. The maximum absolute atomic E-state index is 12.6. The minimum Gasteiger partial charge on any atom is -0.452 e. The molecule has 11 heteroatoms. The molecule has 0 bridgehead atoms. The Morgan fingerprint density at radius 1 is 0.971 bits per heavy atom. The number of nitro benzene ring substituents is 1. The Hall–Kier alpha value is -4.57. The summed E-state index contributed by atoms with van der Waals surface area (Å²) in [5.74, 6) is -2.57. The van der Waals surface area contributed by atoms with Gasteiger partial charge in [-0.1, -0.05) is 23.7 Å².